The molecule has 1 saturated heterocycles. The highest BCUT2D eigenvalue weighted by atomic mass is 16.5. The summed E-state index contributed by atoms with van der Waals surface area (Å²) in [6.45, 7) is 6.60. The fraction of sp³-hybridized carbons (Fsp3) is 0.474. The molecule has 1 aromatic carbocycles. The predicted molar refractivity (Wildman–Crippen MR) is 96.7 cm³/mol. The van der Waals surface area contributed by atoms with E-state index in [1.54, 1.807) is 6.20 Å². The van der Waals surface area contributed by atoms with Crippen LogP contribution >= 0.6 is 0 Å². The number of aryl methyl sites for hydroxylation is 1. The van der Waals surface area contributed by atoms with Crippen molar-refractivity contribution in [2.24, 2.45) is 0 Å². The van der Waals surface area contributed by atoms with Gasteiger partial charge in [0, 0.05) is 43.0 Å². The highest BCUT2D eigenvalue weighted by molar-refractivity contribution is 5.74. The number of ether oxygens (including phenoxy) is 1. The number of hydrogen-bond donors (Lipinski definition) is 2. The van der Waals surface area contributed by atoms with Crippen molar-refractivity contribution in [3.05, 3.63) is 47.3 Å². The summed E-state index contributed by atoms with van der Waals surface area (Å²) in [6, 6.07) is 8.04. The first kappa shape index (κ1) is 17.3. The van der Waals surface area contributed by atoms with E-state index in [4.69, 9.17) is 4.74 Å². The van der Waals surface area contributed by atoms with Gasteiger partial charge in [-0.15, -0.1) is 0 Å². The van der Waals surface area contributed by atoms with Crippen molar-refractivity contribution in [3.63, 3.8) is 0 Å². The van der Waals surface area contributed by atoms with Gasteiger partial charge in [0.25, 0.3) is 0 Å². The Labute approximate surface area is 148 Å². The Balaban J connectivity index is 1.59. The number of likely N-dealkylation sites (tertiary alicyclic amines) is 1. The lowest BCUT2D eigenvalue weighted by Gasteiger charge is -2.32. The second-order valence-electron chi connectivity index (χ2n) is 6.50. The van der Waals surface area contributed by atoms with E-state index in [0.29, 0.717) is 19.1 Å². The average Bonchev–Trinajstić information content (AvgIpc) is 3.16. The largest absolute Gasteiger partial charge is 0.494 e. The minimum absolute atomic E-state index is 0.0211. The Morgan fingerprint density at radius 2 is 2.32 bits per heavy atom. The Kier molecular flexibility index (Phi) is 5.58. The third kappa shape index (κ3) is 4.32. The standard InChI is InChI=1S/C19H26N4O2/c1-3-25-18-11-14(2)6-7-15(18)12-20-19(24)23-10-4-5-16(13-23)17-8-9-21-22-17/h6-9,11,16H,3-5,10,12-13H2,1-2H3,(H,20,24)(H,21,22). The van der Waals surface area contributed by atoms with Gasteiger partial charge < -0.3 is 15.0 Å². The molecule has 1 aliphatic heterocycles. The Hall–Kier alpha value is -2.50. The van der Waals surface area contributed by atoms with Gasteiger partial charge >= 0.3 is 6.03 Å². The van der Waals surface area contributed by atoms with Gasteiger partial charge in [-0.05, 0) is 44.4 Å². The summed E-state index contributed by atoms with van der Waals surface area (Å²) in [5.74, 6) is 1.18. The van der Waals surface area contributed by atoms with Gasteiger partial charge in [0.2, 0.25) is 0 Å². The number of H-pyrrole nitrogens is 1. The zero-order valence-electron chi connectivity index (χ0n) is 14.9. The van der Waals surface area contributed by atoms with E-state index in [1.807, 2.05) is 43.0 Å². The van der Waals surface area contributed by atoms with Gasteiger partial charge in [0.15, 0.2) is 0 Å². The van der Waals surface area contributed by atoms with Gasteiger partial charge in [-0.3, -0.25) is 5.10 Å². The van der Waals surface area contributed by atoms with E-state index >= 15 is 0 Å². The molecule has 134 valence electrons. The van der Waals surface area contributed by atoms with Crippen LogP contribution in [0, 0.1) is 6.92 Å². The summed E-state index contributed by atoms with van der Waals surface area (Å²) >= 11 is 0. The molecule has 0 radical (unpaired) electrons. The first-order valence-corrected chi connectivity index (χ1v) is 8.91. The quantitative estimate of drug-likeness (QED) is 0.876. The summed E-state index contributed by atoms with van der Waals surface area (Å²) in [5.41, 5.74) is 3.26. The molecule has 0 bridgehead atoms. The first-order chi connectivity index (χ1) is 12.2. The van der Waals surface area contributed by atoms with Crippen LogP contribution in [-0.4, -0.2) is 40.8 Å². The van der Waals surface area contributed by atoms with Crippen LogP contribution in [0.1, 0.15) is 42.5 Å². The number of nitrogens with zero attached hydrogens (tertiary/aromatic N) is 2. The van der Waals surface area contributed by atoms with Gasteiger partial charge in [0.1, 0.15) is 5.75 Å². The van der Waals surface area contributed by atoms with Gasteiger partial charge in [-0.2, -0.15) is 5.10 Å². The summed E-state index contributed by atoms with van der Waals surface area (Å²) < 4.78 is 5.69. The van der Waals surface area contributed by atoms with E-state index in [0.717, 1.165) is 48.5 Å². The van der Waals surface area contributed by atoms with Gasteiger partial charge in [0.05, 0.1) is 6.61 Å². The topological polar surface area (TPSA) is 70.2 Å². The average molecular weight is 342 g/mol. The number of amides is 2. The molecule has 6 heteroatoms. The Morgan fingerprint density at radius 3 is 3.08 bits per heavy atom. The molecule has 1 aromatic heterocycles. The number of aromatic amines is 1. The van der Waals surface area contributed by atoms with Crippen molar-refractivity contribution >= 4 is 6.03 Å². The number of piperidine rings is 1. The number of carbonyl (C=O) groups excluding carboxylic acids is 1. The third-order valence-electron chi connectivity index (χ3n) is 4.62. The number of aromatic nitrogens is 2. The van der Waals surface area contributed by atoms with E-state index in [-0.39, 0.29) is 6.03 Å². The predicted octanol–water partition coefficient (Wildman–Crippen LogP) is 3.21. The van der Waals surface area contributed by atoms with Crippen molar-refractivity contribution in [1.29, 1.82) is 0 Å². The van der Waals surface area contributed by atoms with Crippen LogP contribution in [0.2, 0.25) is 0 Å². The molecule has 2 amide bonds. The van der Waals surface area contributed by atoms with E-state index in [9.17, 15) is 4.79 Å². The summed E-state index contributed by atoms with van der Waals surface area (Å²) in [6.07, 6.45) is 3.85. The number of urea groups is 1. The van der Waals surface area contributed by atoms with Crippen molar-refractivity contribution in [1.82, 2.24) is 20.4 Å². The summed E-state index contributed by atoms with van der Waals surface area (Å²) in [5, 5.41) is 10.1. The molecule has 1 aliphatic rings. The van der Waals surface area contributed by atoms with E-state index in [1.165, 1.54) is 0 Å². The lowest BCUT2D eigenvalue weighted by atomic mass is 9.95. The molecule has 1 fully saturated rings. The van der Waals surface area contributed by atoms with Crippen LogP contribution in [0.4, 0.5) is 4.79 Å². The zero-order valence-corrected chi connectivity index (χ0v) is 14.9. The second kappa shape index (κ2) is 8.05. The molecule has 2 N–H and O–H groups in total. The van der Waals surface area contributed by atoms with E-state index in [2.05, 4.69) is 15.5 Å². The molecule has 0 spiro atoms. The van der Waals surface area contributed by atoms with Crippen molar-refractivity contribution in [2.45, 2.75) is 39.2 Å². The maximum absolute atomic E-state index is 12.6. The fourth-order valence-corrected chi connectivity index (χ4v) is 3.29. The monoisotopic (exact) mass is 342 g/mol. The number of benzene rings is 1. The van der Waals surface area contributed by atoms with Crippen LogP contribution in [0.3, 0.4) is 0 Å². The molecule has 0 saturated carbocycles. The lowest BCUT2D eigenvalue weighted by Crippen LogP contribution is -2.44. The summed E-state index contributed by atoms with van der Waals surface area (Å²) in [7, 11) is 0. The molecule has 1 atom stereocenters. The third-order valence-corrected chi connectivity index (χ3v) is 4.62. The maximum Gasteiger partial charge on any atom is 0.317 e. The van der Waals surface area contributed by atoms with Crippen molar-refractivity contribution in [3.8, 4) is 5.75 Å². The number of rotatable bonds is 5. The minimum atomic E-state index is -0.0211. The molecule has 25 heavy (non-hydrogen) atoms. The maximum atomic E-state index is 12.6. The molecule has 6 nitrogen and oxygen atoms in total. The van der Waals surface area contributed by atoms with Crippen LogP contribution in [-0.2, 0) is 6.54 Å². The van der Waals surface area contributed by atoms with Crippen molar-refractivity contribution in [2.75, 3.05) is 19.7 Å². The summed E-state index contributed by atoms with van der Waals surface area (Å²) in [4.78, 5) is 14.5. The minimum Gasteiger partial charge on any atom is -0.494 e. The SMILES string of the molecule is CCOc1cc(C)ccc1CNC(=O)N1CCCC(c2ccn[nH]2)C1. The number of nitrogens with one attached hydrogen (secondary N) is 2. The second-order valence-corrected chi connectivity index (χ2v) is 6.50. The number of hydrogen-bond acceptors (Lipinski definition) is 3. The lowest BCUT2D eigenvalue weighted by molar-refractivity contribution is 0.178. The molecule has 1 unspecified atom stereocenters. The zero-order chi connectivity index (χ0) is 17.6. The van der Waals surface area contributed by atoms with Crippen LogP contribution < -0.4 is 10.1 Å². The van der Waals surface area contributed by atoms with Crippen molar-refractivity contribution < 1.29 is 9.53 Å². The molecular weight excluding hydrogens is 316 g/mol. The van der Waals surface area contributed by atoms with Gasteiger partial charge in [-0.1, -0.05) is 12.1 Å². The normalized spacial score (nSPS) is 17.4. The van der Waals surface area contributed by atoms with Crippen LogP contribution in [0.15, 0.2) is 30.5 Å². The Morgan fingerprint density at radius 1 is 1.44 bits per heavy atom. The van der Waals surface area contributed by atoms with E-state index < -0.39 is 0 Å². The van der Waals surface area contributed by atoms with Crippen LogP contribution in [0.5, 0.6) is 5.75 Å². The number of carbonyl (C=O) groups is 1. The first-order valence-electron chi connectivity index (χ1n) is 8.91. The molecule has 0 aliphatic carbocycles. The molecule has 2 aromatic rings. The molecule has 2 heterocycles. The molecular formula is C19H26N4O2. The highest BCUT2D eigenvalue weighted by Gasteiger charge is 2.25. The smallest absolute Gasteiger partial charge is 0.317 e. The molecule has 3 rings (SSSR count). The highest BCUT2D eigenvalue weighted by Crippen LogP contribution is 2.25. The Bertz CT molecular complexity index is 699. The van der Waals surface area contributed by atoms with Gasteiger partial charge in [-0.25, -0.2) is 4.79 Å². The fourth-order valence-electron chi connectivity index (χ4n) is 3.29. The van der Waals surface area contributed by atoms with Crippen LogP contribution in [0.25, 0.3) is 0 Å².